The van der Waals surface area contributed by atoms with E-state index in [0.29, 0.717) is 0 Å². The largest absolute Gasteiger partial charge is 0.312 e. The summed E-state index contributed by atoms with van der Waals surface area (Å²) < 4.78 is 0. The maximum atomic E-state index is 3.60. The SMILES string of the molecule is CC(CNC(C)(C)C)CSC1CCCCC1. The Bertz CT molecular complexity index is 180. The van der Waals surface area contributed by atoms with Crippen molar-refractivity contribution in [1.29, 1.82) is 0 Å². The summed E-state index contributed by atoms with van der Waals surface area (Å²) in [7, 11) is 0. The number of nitrogens with one attached hydrogen (secondary N) is 1. The van der Waals surface area contributed by atoms with E-state index in [1.165, 1.54) is 37.9 Å². The van der Waals surface area contributed by atoms with Crippen LogP contribution in [0.4, 0.5) is 0 Å². The van der Waals surface area contributed by atoms with Gasteiger partial charge in [0, 0.05) is 10.8 Å². The first-order valence-corrected chi connectivity index (χ1v) is 7.89. The molecule has 0 aromatic rings. The minimum Gasteiger partial charge on any atom is -0.312 e. The molecule has 0 aliphatic heterocycles. The Kier molecular flexibility index (Phi) is 6.20. The van der Waals surface area contributed by atoms with Crippen molar-refractivity contribution in [3.63, 3.8) is 0 Å². The predicted octanol–water partition coefficient (Wildman–Crippen LogP) is 4.08. The maximum absolute atomic E-state index is 3.60. The van der Waals surface area contributed by atoms with Gasteiger partial charge in [-0.05, 0) is 51.8 Å². The average Bonchev–Trinajstić information content (AvgIpc) is 2.24. The molecule has 1 N–H and O–H groups in total. The van der Waals surface area contributed by atoms with Gasteiger partial charge in [0.1, 0.15) is 0 Å². The average molecular weight is 243 g/mol. The summed E-state index contributed by atoms with van der Waals surface area (Å²) in [5.74, 6) is 2.12. The van der Waals surface area contributed by atoms with Gasteiger partial charge in [0.15, 0.2) is 0 Å². The molecule has 1 atom stereocenters. The lowest BCUT2D eigenvalue weighted by molar-refractivity contribution is 0.395. The maximum Gasteiger partial charge on any atom is 0.00966 e. The van der Waals surface area contributed by atoms with Gasteiger partial charge in [0.05, 0.1) is 0 Å². The van der Waals surface area contributed by atoms with Gasteiger partial charge in [-0.25, -0.2) is 0 Å². The van der Waals surface area contributed by atoms with E-state index in [-0.39, 0.29) is 5.54 Å². The summed E-state index contributed by atoms with van der Waals surface area (Å²) in [6.07, 6.45) is 7.32. The van der Waals surface area contributed by atoms with Crippen LogP contribution < -0.4 is 5.32 Å². The first-order chi connectivity index (χ1) is 7.47. The predicted molar refractivity (Wildman–Crippen MR) is 76.3 cm³/mol. The smallest absolute Gasteiger partial charge is 0.00966 e. The van der Waals surface area contributed by atoms with E-state index in [2.05, 4.69) is 44.8 Å². The Hall–Kier alpha value is 0.310. The first-order valence-electron chi connectivity index (χ1n) is 6.84. The third-order valence-corrected chi connectivity index (χ3v) is 4.85. The van der Waals surface area contributed by atoms with Crippen molar-refractivity contribution in [2.24, 2.45) is 5.92 Å². The van der Waals surface area contributed by atoms with Crippen LogP contribution in [0.1, 0.15) is 59.8 Å². The molecule has 96 valence electrons. The molecule has 0 saturated heterocycles. The van der Waals surface area contributed by atoms with Crippen molar-refractivity contribution in [3.05, 3.63) is 0 Å². The van der Waals surface area contributed by atoms with Crippen LogP contribution in [0.25, 0.3) is 0 Å². The van der Waals surface area contributed by atoms with E-state index in [9.17, 15) is 0 Å². The van der Waals surface area contributed by atoms with Gasteiger partial charge in [0.2, 0.25) is 0 Å². The van der Waals surface area contributed by atoms with E-state index < -0.39 is 0 Å². The number of rotatable bonds is 5. The fourth-order valence-corrected chi connectivity index (χ4v) is 3.46. The summed E-state index contributed by atoms with van der Waals surface area (Å²) in [5, 5.41) is 4.56. The summed E-state index contributed by atoms with van der Waals surface area (Å²) in [6, 6.07) is 0. The second-order valence-electron chi connectivity index (χ2n) is 6.33. The Morgan fingerprint density at radius 1 is 1.19 bits per heavy atom. The molecular formula is C14H29NS. The summed E-state index contributed by atoms with van der Waals surface area (Å²) in [6.45, 7) is 10.3. The Morgan fingerprint density at radius 2 is 1.81 bits per heavy atom. The molecule has 1 aliphatic rings. The monoisotopic (exact) mass is 243 g/mol. The van der Waals surface area contributed by atoms with Crippen molar-refractivity contribution < 1.29 is 0 Å². The topological polar surface area (TPSA) is 12.0 Å². The van der Waals surface area contributed by atoms with Gasteiger partial charge in [0.25, 0.3) is 0 Å². The van der Waals surface area contributed by atoms with Crippen LogP contribution in [0.5, 0.6) is 0 Å². The summed E-state index contributed by atoms with van der Waals surface area (Å²) in [4.78, 5) is 0. The lowest BCUT2D eigenvalue weighted by atomic mass is 10.0. The van der Waals surface area contributed by atoms with Crippen LogP contribution in [0.15, 0.2) is 0 Å². The zero-order valence-corrected chi connectivity index (χ0v) is 12.3. The third kappa shape index (κ3) is 6.80. The van der Waals surface area contributed by atoms with Crippen LogP contribution >= 0.6 is 11.8 Å². The lowest BCUT2D eigenvalue weighted by Crippen LogP contribution is -2.39. The Morgan fingerprint density at radius 3 is 2.38 bits per heavy atom. The minimum atomic E-state index is 0.268. The zero-order valence-electron chi connectivity index (χ0n) is 11.5. The highest BCUT2D eigenvalue weighted by molar-refractivity contribution is 7.99. The molecule has 1 rings (SSSR count). The van der Waals surface area contributed by atoms with Gasteiger partial charge in [-0.15, -0.1) is 0 Å². The Labute approximate surface area is 106 Å². The van der Waals surface area contributed by atoms with Crippen molar-refractivity contribution in [2.75, 3.05) is 12.3 Å². The molecule has 0 spiro atoms. The quantitative estimate of drug-likeness (QED) is 0.781. The molecule has 1 nitrogen and oxygen atoms in total. The molecule has 2 heteroatoms. The second-order valence-corrected chi connectivity index (χ2v) is 7.66. The minimum absolute atomic E-state index is 0.268. The van der Waals surface area contributed by atoms with Crippen molar-refractivity contribution in [2.45, 2.75) is 70.6 Å². The summed E-state index contributed by atoms with van der Waals surface area (Å²) >= 11 is 2.22. The molecule has 1 saturated carbocycles. The molecule has 0 radical (unpaired) electrons. The standard InChI is InChI=1S/C14H29NS/c1-12(10-15-14(2,3)4)11-16-13-8-6-5-7-9-13/h12-13,15H,5-11H2,1-4H3. The van der Waals surface area contributed by atoms with Crippen LogP contribution in [0.2, 0.25) is 0 Å². The molecule has 1 unspecified atom stereocenters. The molecule has 0 bridgehead atoms. The molecule has 1 fully saturated rings. The van der Waals surface area contributed by atoms with Crippen LogP contribution in [-0.2, 0) is 0 Å². The van der Waals surface area contributed by atoms with Gasteiger partial charge < -0.3 is 5.32 Å². The van der Waals surface area contributed by atoms with Crippen molar-refractivity contribution in [1.82, 2.24) is 5.32 Å². The van der Waals surface area contributed by atoms with Crippen molar-refractivity contribution >= 4 is 11.8 Å². The highest BCUT2D eigenvalue weighted by atomic mass is 32.2. The molecule has 0 aromatic heterocycles. The van der Waals surface area contributed by atoms with Gasteiger partial charge in [-0.2, -0.15) is 11.8 Å². The normalized spacial score (nSPS) is 21.0. The first kappa shape index (κ1) is 14.4. The highest BCUT2D eigenvalue weighted by Gasteiger charge is 2.16. The van der Waals surface area contributed by atoms with Crippen LogP contribution in [0.3, 0.4) is 0 Å². The van der Waals surface area contributed by atoms with E-state index in [4.69, 9.17) is 0 Å². The Balaban J connectivity index is 2.07. The molecule has 0 aromatic carbocycles. The van der Waals surface area contributed by atoms with E-state index in [1.807, 2.05) is 0 Å². The lowest BCUT2D eigenvalue weighted by Gasteiger charge is -2.25. The molecule has 16 heavy (non-hydrogen) atoms. The zero-order chi connectivity index (χ0) is 12.0. The second kappa shape index (κ2) is 6.90. The molecular weight excluding hydrogens is 214 g/mol. The molecule has 1 aliphatic carbocycles. The number of hydrogen-bond donors (Lipinski definition) is 1. The van der Waals surface area contributed by atoms with Gasteiger partial charge in [-0.3, -0.25) is 0 Å². The van der Waals surface area contributed by atoms with Crippen LogP contribution in [-0.4, -0.2) is 23.1 Å². The number of thioether (sulfide) groups is 1. The molecule has 0 amide bonds. The highest BCUT2D eigenvalue weighted by Crippen LogP contribution is 2.29. The fourth-order valence-electron chi connectivity index (χ4n) is 2.07. The van der Waals surface area contributed by atoms with Crippen LogP contribution in [0, 0.1) is 5.92 Å². The van der Waals surface area contributed by atoms with Crippen molar-refractivity contribution in [3.8, 4) is 0 Å². The summed E-state index contributed by atoms with van der Waals surface area (Å²) in [5.41, 5.74) is 0.268. The molecule has 0 heterocycles. The van der Waals surface area contributed by atoms with Gasteiger partial charge in [-0.1, -0.05) is 26.2 Å². The van der Waals surface area contributed by atoms with E-state index in [1.54, 1.807) is 0 Å². The van der Waals surface area contributed by atoms with E-state index >= 15 is 0 Å². The fraction of sp³-hybridized carbons (Fsp3) is 1.00. The van der Waals surface area contributed by atoms with Gasteiger partial charge >= 0.3 is 0 Å². The van der Waals surface area contributed by atoms with E-state index in [0.717, 1.165) is 17.7 Å². The number of hydrogen-bond acceptors (Lipinski definition) is 2. The third-order valence-electron chi connectivity index (χ3n) is 3.15.